The van der Waals surface area contributed by atoms with Crippen LogP contribution in [0.5, 0.6) is 0 Å². The van der Waals surface area contributed by atoms with Gasteiger partial charge in [0, 0.05) is 0 Å². The highest BCUT2D eigenvalue weighted by atomic mass is 16.2. The molecule has 0 radical (unpaired) electrons. The average Bonchev–Trinajstić information content (AvgIpc) is 3.06. The maximum atomic E-state index is 13.4. The maximum Gasteiger partial charge on any atom is 0.227 e. The Kier molecular flexibility index (Phi) is 4.58. The molecule has 1 heterocycles. The maximum absolute atomic E-state index is 13.4. The average molecular weight is 334 g/mol. The molecule has 1 atom stereocenters. The van der Waals surface area contributed by atoms with E-state index in [0.717, 1.165) is 45.2 Å². The Balaban J connectivity index is 1.54. The molecule has 2 aromatic carbocycles. The van der Waals surface area contributed by atoms with E-state index >= 15 is 0 Å². The van der Waals surface area contributed by atoms with Crippen molar-refractivity contribution in [2.75, 3.05) is 13.1 Å². The van der Waals surface area contributed by atoms with Gasteiger partial charge in [0.25, 0.3) is 0 Å². The summed E-state index contributed by atoms with van der Waals surface area (Å²) in [6.45, 7) is 1.84. The van der Waals surface area contributed by atoms with Crippen molar-refractivity contribution < 1.29 is 4.79 Å². The van der Waals surface area contributed by atoms with Crippen molar-refractivity contribution in [3.05, 3.63) is 71.3 Å². The summed E-state index contributed by atoms with van der Waals surface area (Å²) < 4.78 is 0. The van der Waals surface area contributed by atoms with Gasteiger partial charge < -0.3 is 10.6 Å². The molecule has 1 fully saturated rings. The van der Waals surface area contributed by atoms with E-state index in [2.05, 4.69) is 59.2 Å². The number of benzene rings is 2. The number of rotatable bonds is 4. The van der Waals surface area contributed by atoms with Crippen LogP contribution in [0, 0.1) is 5.41 Å². The van der Waals surface area contributed by atoms with Crippen molar-refractivity contribution in [3.63, 3.8) is 0 Å². The lowest BCUT2D eigenvalue weighted by molar-refractivity contribution is -0.133. The number of hydrogen-bond acceptors (Lipinski definition) is 2. The van der Waals surface area contributed by atoms with Crippen LogP contribution in [0.1, 0.15) is 42.0 Å². The van der Waals surface area contributed by atoms with Gasteiger partial charge >= 0.3 is 0 Å². The zero-order valence-corrected chi connectivity index (χ0v) is 14.6. The summed E-state index contributed by atoms with van der Waals surface area (Å²) in [4.78, 5) is 13.4. The molecular weight excluding hydrogens is 308 g/mol. The highest BCUT2D eigenvalue weighted by Gasteiger charge is 2.41. The van der Waals surface area contributed by atoms with E-state index in [0.29, 0.717) is 0 Å². The molecule has 3 nitrogen and oxygen atoms in total. The van der Waals surface area contributed by atoms with Crippen LogP contribution in [0.2, 0.25) is 0 Å². The van der Waals surface area contributed by atoms with Gasteiger partial charge in [-0.1, -0.05) is 54.6 Å². The second-order valence-electron chi connectivity index (χ2n) is 7.46. The molecule has 0 bridgehead atoms. The topological polar surface area (TPSA) is 41.1 Å². The van der Waals surface area contributed by atoms with Crippen molar-refractivity contribution in [3.8, 4) is 0 Å². The highest BCUT2D eigenvalue weighted by Crippen LogP contribution is 2.36. The van der Waals surface area contributed by atoms with Crippen molar-refractivity contribution in [2.24, 2.45) is 5.41 Å². The summed E-state index contributed by atoms with van der Waals surface area (Å²) >= 11 is 0. The molecule has 1 aliphatic heterocycles. The van der Waals surface area contributed by atoms with E-state index in [1.54, 1.807) is 0 Å². The second kappa shape index (κ2) is 7.01. The smallest absolute Gasteiger partial charge is 0.227 e. The molecule has 2 aliphatic rings. The summed E-state index contributed by atoms with van der Waals surface area (Å²) in [6.07, 6.45) is 4.72. The van der Waals surface area contributed by atoms with Crippen LogP contribution in [-0.4, -0.2) is 19.0 Å². The molecule has 1 saturated heterocycles. The number of fused-ring (bicyclic) bond motifs is 1. The third-order valence-corrected chi connectivity index (χ3v) is 5.87. The van der Waals surface area contributed by atoms with Gasteiger partial charge in [-0.05, 0) is 61.9 Å². The van der Waals surface area contributed by atoms with E-state index in [1.165, 1.54) is 16.7 Å². The third-order valence-electron chi connectivity index (χ3n) is 5.87. The van der Waals surface area contributed by atoms with Gasteiger partial charge in [0.15, 0.2) is 0 Å². The summed E-state index contributed by atoms with van der Waals surface area (Å²) in [5, 5.41) is 6.81. The molecule has 25 heavy (non-hydrogen) atoms. The Hall–Kier alpha value is -2.13. The van der Waals surface area contributed by atoms with Crippen molar-refractivity contribution >= 4 is 5.91 Å². The zero-order valence-electron chi connectivity index (χ0n) is 14.6. The van der Waals surface area contributed by atoms with E-state index in [-0.39, 0.29) is 17.4 Å². The minimum absolute atomic E-state index is 0.172. The molecule has 1 aliphatic carbocycles. The molecular formula is C22H26N2O. The fraction of sp³-hybridized carbons (Fsp3) is 0.409. The van der Waals surface area contributed by atoms with Gasteiger partial charge in [-0.3, -0.25) is 4.79 Å². The molecule has 0 aromatic heterocycles. The van der Waals surface area contributed by atoms with Gasteiger partial charge in [-0.15, -0.1) is 0 Å². The number of piperidine rings is 1. The van der Waals surface area contributed by atoms with Crippen LogP contribution in [0.3, 0.4) is 0 Å². The minimum Gasteiger partial charge on any atom is -0.349 e. The first kappa shape index (κ1) is 16.3. The lowest BCUT2D eigenvalue weighted by atomic mass is 9.73. The molecule has 1 unspecified atom stereocenters. The quantitative estimate of drug-likeness (QED) is 0.900. The first-order valence-corrected chi connectivity index (χ1v) is 9.40. The van der Waals surface area contributed by atoms with Gasteiger partial charge in [0.05, 0.1) is 11.5 Å². The first-order valence-electron chi connectivity index (χ1n) is 9.40. The number of hydrogen-bond donors (Lipinski definition) is 2. The van der Waals surface area contributed by atoms with Crippen LogP contribution in [-0.2, 0) is 17.6 Å². The van der Waals surface area contributed by atoms with E-state index in [1.807, 2.05) is 6.07 Å². The Labute approximate surface area is 149 Å². The fourth-order valence-electron chi connectivity index (χ4n) is 4.39. The predicted molar refractivity (Wildman–Crippen MR) is 100 cm³/mol. The van der Waals surface area contributed by atoms with Gasteiger partial charge in [0.1, 0.15) is 0 Å². The Morgan fingerprint density at radius 1 is 1.04 bits per heavy atom. The fourth-order valence-corrected chi connectivity index (χ4v) is 4.39. The Morgan fingerprint density at radius 2 is 1.76 bits per heavy atom. The summed E-state index contributed by atoms with van der Waals surface area (Å²) in [6, 6.07) is 19.1. The molecule has 2 N–H and O–H groups in total. The number of carbonyl (C=O) groups excluding carboxylic acids is 1. The summed E-state index contributed by atoms with van der Waals surface area (Å²) in [7, 11) is 0. The summed E-state index contributed by atoms with van der Waals surface area (Å²) in [5.74, 6) is 0.236. The SMILES string of the molecule is O=C(NC1CCc2ccccc21)C1(Cc2ccccc2)CCNCC1. The molecule has 3 heteroatoms. The Morgan fingerprint density at radius 3 is 2.56 bits per heavy atom. The van der Waals surface area contributed by atoms with E-state index < -0.39 is 0 Å². The molecule has 2 aromatic rings. The lowest BCUT2D eigenvalue weighted by Gasteiger charge is -2.37. The summed E-state index contributed by atoms with van der Waals surface area (Å²) in [5.41, 5.74) is 3.66. The standard InChI is InChI=1S/C22H26N2O/c25-21(24-20-11-10-18-8-4-5-9-19(18)20)22(12-14-23-15-13-22)16-17-6-2-1-3-7-17/h1-9,20,23H,10-16H2,(H,24,25). The van der Waals surface area contributed by atoms with Crippen LogP contribution >= 0.6 is 0 Å². The van der Waals surface area contributed by atoms with Gasteiger partial charge in [0.2, 0.25) is 5.91 Å². The second-order valence-corrected chi connectivity index (χ2v) is 7.46. The van der Waals surface area contributed by atoms with Crippen LogP contribution in [0.25, 0.3) is 0 Å². The minimum atomic E-state index is -0.288. The van der Waals surface area contributed by atoms with E-state index in [4.69, 9.17) is 0 Å². The number of nitrogens with one attached hydrogen (secondary N) is 2. The molecule has 0 saturated carbocycles. The van der Waals surface area contributed by atoms with Gasteiger partial charge in [-0.25, -0.2) is 0 Å². The highest BCUT2D eigenvalue weighted by molar-refractivity contribution is 5.83. The molecule has 130 valence electrons. The van der Waals surface area contributed by atoms with E-state index in [9.17, 15) is 4.79 Å². The number of aryl methyl sites for hydroxylation is 1. The molecule has 4 rings (SSSR count). The normalized spacial score (nSPS) is 21.5. The van der Waals surface area contributed by atoms with Gasteiger partial charge in [-0.2, -0.15) is 0 Å². The van der Waals surface area contributed by atoms with Crippen LogP contribution < -0.4 is 10.6 Å². The van der Waals surface area contributed by atoms with Crippen molar-refractivity contribution in [1.29, 1.82) is 0 Å². The van der Waals surface area contributed by atoms with Crippen LogP contribution in [0.15, 0.2) is 54.6 Å². The Bertz CT molecular complexity index is 735. The largest absolute Gasteiger partial charge is 0.349 e. The first-order chi connectivity index (χ1) is 12.3. The number of carbonyl (C=O) groups is 1. The van der Waals surface area contributed by atoms with Crippen LogP contribution in [0.4, 0.5) is 0 Å². The van der Waals surface area contributed by atoms with Crippen molar-refractivity contribution in [1.82, 2.24) is 10.6 Å². The monoisotopic (exact) mass is 334 g/mol. The lowest BCUT2D eigenvalue weighted by Crippen LogP contribution is -2.49. The third kappa shape index (κ3) is 3.34. The molecule has 1 amide bonds. The zero-order chi connectivity index (χ0) is 17.1. The number of amides is 1. The van der Waals surface area contributed by atoms with Crippen molar-refractivity contribution in [2.45, 2.75) is 38.1 Å². The predicted octanol–water partition coefficient (Wildman–Crippen LogP) is 3.40. The molecule has 0 spiro atoms.